The van der Waals surface area contributed by atoms with E-state index in [9.17, 15) is 0 Å². The zero-order chi connectivity index (χ0) is 10.9. The molecule has 0 spiro atoms. The number of aromatic nitrogens is 4. The molecule has 5 heteroatoms. The number of nitrogens with zero attached hydrogens (tertiary/aromatic N) is 4. The van der Waals surface area contributed by atoms with Crippen molar-refractivity contribution in [3.63, 3.8) is 0 Å². The molecule has 0 N–H and O–H groups in total. The van der Waals surface area contributed by atoms with Gasteiger partial charge in [0.15, 0.2) is 0 Å². The van der Waals surface area contributed by atoms with E-state index in [4.69, 9.17) is 0 Å². The summed E-state index contributed by atoms with van der Waals surface area (Å²) < 4.78 is 4.25. The normalized spacial score (nSPS) is 11.9. The largest absolute Gasteiger partial charge is 0.320 e. The molecule has 0 aromatic carbocycles. The molecule has 0 saturated heterocycles. The quantitative estimate of drug-likeness (QED) is 0.727. The molecule has 80 valence electrons. The Kier molecular flexibility index (Phi) is 2.48. The van der Waals surface area contributed by atoms with Crippen LogP contribution < -0.4 is 5.45 Å². The van der Waals surface area contributed by atoms with Gasteiger partial charge >= 0.3 is 0 Å². The lowest BCUT2D eigenvalue weighted by atomic mass is 10.8. The van der Waals surface area contributed by atoms with Gasteiger partial charge in [-0.3, -0.25) is 0 Å². The predicted molar refractivity (Wildman–Crippen MR) is 62.8 cm³/mol. The fourth-order valence-electron chi connectivity index (χ4n) is 1.61. The number of hydrogen-bond acceptors (Lipinski definition) is 2. The fourth-order valence-corrected chi connectivity index (χ4v) is 3.08. The molecule has 0 aliphatic heterocycles. The first-order valence-corrected chi connectivity index (χ1v) is 8.55. The maximum absolute atomic E-state index is 4.46. The predicted octanol–water partition coefficient (Wildman–Crippen LogP) is 1.13. The molecular formula is C10H16N4Si. The van der Waals surface area contributed by atoms with E-state index in [1.807, 2.05) is 29.5 Å². The van der Waals surface area contributed by atoms with Crippen molar-refractivity contribution in [3.8, 4) is 0 Å². The molecule has 0 saturated carbocycles. The zero-order valence-electron chi connectivity index (χ0n) is 9.38. The van der Waals surface area contributed by atoms with Crippen LogP contribution in [0.5, 0.6) is 0 Å². The molecule has 2 heterocycles. The van der Waals surface area contributed by atoms with Crippen molar-refractivity contribution < 1.29 is 0 Å². The van der Waals surface area contributed by atoms with Crippen LogP contribution in [0.3, 0.4) is 0 Å². The average molecular weight is 220 g/mol. The number of hydrogen-bond donors (Lipinski definition) is 0. The maximum atomic E-state index is 4.46. The summed E-state index contributed by atoms with van der Waals surface area (Å²) in [6.45, 7) is 7.72. The lowest BCUT2D eigenvalue weighted by molar-refractivity contribution is 0.618. The summed E-state index contributed by atoms with van der Waals surface area (Å²) in [5.74, 6) is 0. The van der Waals surface area contributed by atoms with E-state index >= 15 is 0 Å². The van der Waals surface area contributed by atoms with Crippen LogP contribution in [0.1, 0.15) is 0 Å². The van der Waals surface area contributed by atoms with Gasteiger partial charge in [-0.2, -0.15) is 0 Å². The Hall–Kier alpha value is -1.36. The van der Waals surface area contributed by atoms with Crippen molar-refractivity contribution in [1.82, 2.24) is 19.1 Å². The van der Waals surface area contributed by atoms with Crippen molar-refractivity contribution in [2.24, 2.45) is 0 Å². The van der Waals surface area contributed by atoms with Gasteiger partial charge < -0.3 is 9.13 Å². The van der Waals surface area contributed by atoms with Crippen molar-refractivity contribution in [1.29, 1.82) is 0 Å². The highest BCUT2D eigenvalue weighted by atomic mass is 28.3. The third kappa shape index (κ3) is 2.18. The van der Waals surface area contributed by atoms with E-state index in [1.165, 1.54) is 5.45 Å². The minimum Gasteiger partial charge on any atom is -0.320 e. The molecular weight excluding hydrogens is 204 g/mol. The van der Waals surface area contributed by atoms with Gasteiger partial charge in [-0.05, 0) is 0 Å². The van der Waals surface area contributed by atoms with Crippen LogP contribution in [0.15, 0.2) is 31.1 Å². The minimum atomic E-state index is -1.34. The van der Waals surface area contributed by atoms with Crippen molar-refractivity contribution in [2.45, 2.75) is 26.3 Å². The molecule has 4 nitrogen and oxygen atoms in total. The minimum absolute atomic E-state index is 0.805. The maximum Gasteiger partial charge on any atom is 0.123 e. The Morgan fingerprint density at radius 2 is 2.00 bits per heavy atom. The third-order valence-electron chi connectivity index (χ3n) is 2.26. The molecule has 0 radical (unpaired) electrons. The summed E-state index contributed by atoms with van der Waals surface area (Å²) in [6, 6.07) is 0. The van der Waals surface area contributed by atoms with Crippen LogP contribution >= 0.6 is 0 Å². The first kappa shape index (κ1) is 10.2. The van der Waals surface area contributed by atoms with E-state index in [-0.39, 0.29) is 0 Å². The van der Waals surface area contributed by atoms with Gasteiger partial charge in [-0.15, -0.1) is 0 Å². The van der Waals surface area contributed by atoms with E-state index in [0.717, 1.165) is 6.67 Å². The van der Waals surface area contributed by atoms with Crippen LogP contribution in [0.2, 0.25) is 19.6 Å². The van der Waals surface area contributed by atoms with Crippen LogP contribution in [-0.4, -0.2) is 27.2 Å². The molecule has 0 aliphatic carbocycles. The Labute approximate surface area is 90.6 Å². The standard InChI is InChI=1S/C10H16N4Si/c1-15(2,3)10-12-5-7-14(10)9-13-6-4-11-8-13/h4-8H,9H2,1-3H3. The van der Waals surface area contributed by atoms with Crippen LogP contribution in [-0.2, 0) is 6.67 Å². The topological polar surface area (TPSA) is 35.6 Å². The highest BCUT2D eigenvalue weighted by molar-refractivity contribution is 6.87. The second-order valence-corrected chi connectivity index (χ2v) is 9.64. The summed E-state index contributed by atoms with van der Waals surface area (Å²) in [4.78, 5) is 8.49. The average Bonchev–Trinajstić information content (AvgIpc) is 2.73. The second-order valence-electron chi connectivity index (χ2n) is 4.69. The Morgan fingerprint density at radius 1 is 1.20 bits per heavy atom. The summed E-state index contributed by atoms with van der Waals surface area (Å²) >= 11 is 0. The summed E-state index contributed by atoms with van der Waals surface area (Å²) in [7, 11) is -1.34. The zero-order valence-corrected chi connectivity index (χ0v) is 10.4. The van der Waals surface area contributed by atoms with Gasteiger partial charge in [-0.1, -0.05) is 19.6 Å². The smallest absolute Gasteiger partial charge is 0.123 e. The van der Waals surface area contributed by atoms with E-state index < -0.39 is 8.07 Å². The van der Waals surface area contributed by atoms with Crippen LogP contribution in [0, 0.1) is 0 Å². The molecule has 0 fully saturated rings. The van der Waals surface area contributed by atoms with E-state index in [2.05, 4.69) is 34.2 Å². The van der Waals surface area contributed by atoms with Gasteiger partial charge in [0.25, 0.3) is 0 Å². The van der Waals surface area contributed by atoms with Gasteiger partial charge in [0, 0.05) is 24.8 Å². The molecule has 2 aromatic heterocycles. The molecule has 0 bridgehead atoms. The van der Waals surface area contributed by atoms with E-state index in [0.29, 0.717) is 0 Å². The summed E-state index contributed by atoms with van der Waals surface area (Å²) in [5, 5.41) is 0. The summed E-state index contributed by atoms with van der Waals surface area (Å²) in [5.41, 5.74) is 1.23. The lowest BCUT2D eigenvalue weighted by Crippen LogP contribution is -2.45. The number of rotatable bonds is 3. The summed E-state index contributed by atoms with van der Waals surface area (Å²) in [6.07, 6.45) is 9.51. The SMILES string of the molecule is C[Si](C)(C)c1nccn1Cn1ccnc1. The molecule has 0 amide bonds. The van der Waals surface area contributed by atoms with Crippen LogP contribution in [0.4, 0.5) is 0 Å². The molecule has 0 atom stereocenters. The highest BCUT2D eigenvalue weighted by Crippen LogP contribution is 2.01. The van der Waals surface area contributed by atoms with Crippen LogP contribution in [0.25, 0.3) is 0 Å². The Bertz CT molecular complexity index is 424. The number of imidazole rings is 2. The molecule has 2 rings (SSSR count). The first-order valence-electron chi connectivity index (χ1n) is 5.05. The second kappa shape index (κ2) is 3.66. The molecule has 15 heavy (non-hydrogen) atoms. The fraction of sp³-hybridized carbons (Fsp3) is 0.400. The van der Waals surface area contributed by atoms with Gasteiger partial charge in [-0.25, -0.2) is 9.97 Å². The van der Waals surface area contributed by atoms with Gasteiger partial charge in [0.1, 0.15) is 14.7 Å². The van der Waals surface area contributed by atoms with E-state index in [1.54, 1.807) is 6.20 Å². The van der Waals surface area contributed by atoms with Crippen molar-refractivity contribution >= 4 is 13.5 Å². The Balaban J connectivity index is 2.26. The van der Waals surface area contributed by atoms with Crippen molar-refractivity contribution in [2.75, 3.05) is 0 Å². The monoisotopic (exact) mass is 220 g/mol. The van der Waals surface area contributed by atoms with Gasteiger partial charge in [0.05, 0.1) is 11.8 Å². The third-order valence-corrected chi connectivity index (χ3v) is 4.02. The van der Waals surface area contributed by atoms with Gasteiger partial charge in [0.2, 0.25) is 0 Å². The lowest BCUT2D eigenvalue weighted by Gasteiger charge is -2.17. The molecule has 2 aromatic rings. The first-order chi connectivity index (χ1) is 7.07. The molecule has 0 unspecified atom stereocenters. The van der Waals surface area contributed by atoms with Crippen molar-refractivity contribution in [3.05, 3.63) is 31.1 Å². The highest BCUT2D eigenvalue weighted by Gasteiger charge is 2.22. The molecule has 0 aliphatic rings. The Morgan fingerprint density at radius 3 is 2.60 bits per heavy atom.